The smallest absolute Gasteiger partial charge is 0.00271 e. The van der Waals surface area contributed by atoms with Crippen LogP contribution in [0.15, 0.2) is 22.8 Å². The van der Waals surface area contributed by atoms with Crippen LogP contribution in [0.1, 0.15) is 33.6 Å². The van der Waals surface area contributed by atoms with Crippen LogP contribution in [0.3, 0.4) is 0 Å². The zero-order valence-electron chi connectivity index (χ0n) is 8.13. The summed E-state index contributed by atoms with van der Waals surface area (Å²) in [5.74, 6) is 4.68. The molecule has 0 bridgehead atoms. The van der Waals surface area contributed by atoms with Crippen molar-refractivity contribution in [3.63, 3.8) is 0 Å². The van der Waals surface area contributed by atoms with Gasteiger partial charge in [0.25, 0.3) is 0 Å². The van der Waals surface area contributed by atoms with E-state index < -0.39 is 6.04 Å². The summed E-state index contributed by atoms with van der Waals surface area (Å²) < 4.78 is 0. The van der Waals surface area contributed by atoms with Crippen LogP contribution in [-0.2, 0) is 11.8 Å². The van der Waals surface area contributed by atoms with Crippen LogP contribution in [-0.4, -0.2) is 6.16 Å². The van der Waals surface area contributed by atoms with Gasteiger partial charge >= 0.3 is 0 Å². The zero-order chi connectivity index (χ0) is 9.19. The standard InChI is InChI=1S/C10H17PS/c1-4-5-6-11(12)7-9(2)10(3)8-11/h7-8H,4-6H2,1-3H3. The second-order valence-electron chi connectivity index (χ2n) is 3.56. The van der Waals surface area contributed by atoms with Crippen molar-refractivity contribution in [3.8, 4) is 0 Å². The van der Waals surface area contributed by atoms with E-state index in [1.54, 1.807) is 0 Å². The van der Waals surface area contributed by atoms with Gasteiger partial charge in [0.05, 0.1) is 0 Å². The second kappa shape index (κ2) is 3.89. The summed E-state index contributed by atoms with van der Waals surface area (Å²) >= 11 is 5.64. The van der Waals surface area contributed by atoms with Gasteiger partial charge in [0.15, 0.2) is 0 Å². The van der Waals surface area contributed by atoms with E-state index in [9.17, 15) is 0 Å². The van der Waals surface area contributed by atoms with E-state index in [1.807, 2.05) is 0 Å². The van der Waals surface area contributed by atoms with E-state index in [1.165, 1.54) is 30.1 Å². The highest BCUT2D eigenvalue weighted by atomic mass is 32.4. The molecule has 0 unspecified atom stereocenters. The molecular formula is C10H17PS. The first kappa shape index (κ1) is 10.2. The molecule has 1 rings (SSSR count). The Morgan fingerprint density at radius 1 is 1.25 bits per heavy atom. The Morgan fingerprint density at radius 3 is 2.17 bits per heavy atom. The largest absolute Gasteiger partial charge is 0.0888 e. The van der Waals surface area contributed by atoms with E-state index in [0.717, 1.165) is 0 Å². The quantitative estimate of drug-likeness (QED) is 0.618. The van der Waals surface area contributed by atoms with Crippen molar-refractivity contribution in [2.45, 2.75) is 33.6 Å². The van der Waals surface area contributed by atoms with Crippen LogP contribution >= 0.6 is 6.04 Å². The van der Waals surface area contributed by atoms with Gasteiger partial charge in [-0.1, -0.05) is 25.2 Å². The molecule has 12 heavy (non-hydrogen) atoms. The number of unbranched alkanes of at least 4 members (excludes halogenated alkanes) is 1. The van der Waals surface area contributed by atoms with Crippen molar-refractivity contribution in [1.29, 1.82) is 0 Å². The number of hydrogen-bond donors (Lipinski definition) is 0. The van der Waals surface area contributed by atoms with Crippen LogP contribution in [0.4, 0.5) is 0 Å². The molecule has 0 aromatic heterocycles. The third-order valence-electron chi connectivity index (χ3n) is 2.31. The Kier molecular flexibility index (Phi) is 3.31. The van der Waals surface area contributed by atoms with E-state index in [4.69, 9.17) is 11.8 Å². The SMILES string of the molecule is CCCCP1(=S)C=C(C)C(C)=C1. The van der Waals surface area contributed by atoms with Gasteiger partial charge in [-0.05, 0) is 55.2 Å². The van der Waals surface area contributed by atoms with Crippen LogP contribution < -0.4 is 0 Å². The highest BCUT2D eigenvalue weighted by molar-refractivity contribution is 8.17. The minimum absolute atomic E-state index is 1.19. The summed E-state index contributed by atoms with van der Waals surface area (Å²) in [7, 11) is 0. The molecule has 2 heteroatoms. The Morgan fingerprint density at radius 2 is 1.75 bits per heavy atom. The van der Waals surface area contributed by atoms with E-state index in [-0.39, 0.29) is 0 Å². The minimum Gasteiger partial charge on any atom is -0.0888 e. The Labute approximate surface area is 80.8 Å². The fourth-order valence-corrected chi connectivity index (χ4v) is 5.63. The van der Waals surface area contributed by atoms with E-state index >= 15 is 0 Å². The molecule has 0 spiro atoms. The lowest BCUT2D eigenvalue weighted by atomic mass is 10.2. The monoisotopic (exact) mass is 200 g/mol. The van der Waals surface area contributed by atoms with Gasteiger partial charge in [0.1, 0.15) is 0 Å². The molecule has 1 aliphatic rings. The third-order valence-corrected chi connectivity index (χ3v) is 6.15. The van der Waals surface area contributed by atoms with Gasteiger partial charge in [0.2, 0.25) is 0 Å². The Bertz CT molecular complexity index is 252. The molecule has 0 atom stereocenters. The Balaban J connectivity index is 2.71. The van der Waals surface area contributed by atoms with Gasteiger partial charge in [-0.3, -0.25) is 0 Å². The lowest BCUT2D eigenvalue weighted by Gasteiger charge is -2.08. The van der Waals surface area contributed by atoms with Crippen LogP contribution in [0.5, 0.6) is 0 Å². The molecule has 0 N–H and O–H groups in total. The highest BCUT2D eigenvalue weighted by Gasteiger charge is 2.17. The molecule has 0 aromatic carbocycles. The van der Waals surface area contributed by atoms with Crippen molar-refractivity contribution < 1.29 is 0 Å². The molecule has 0 aromatic rings. The van der Waals surface area contributed by atoms with Crippen molar-refractivity contribution in [3.05, 3.63) is 22.8 Å². The molecule has 0 fully saturated rings. The average Bonchev–Trinajstić information content (AvgIpc) is 2.24. The lowest BCUT2D eigenvalue weighted by molar-refractivity contribution is 0.893. The molecular weight excluding hydrogens is 183 g/mol. The number of allylic oxidation sites excluding steroid dienone is 2. The third kappa shape index (κ3) is 2.31. The minimum atomic E-state index is -1.19. The van der Waals surface area contributed by atoms with Gasteiger partial charge < -0.3 is 0 Å². The van der Waals surface area contributed by atoms with Gasteiger partial charge in [-0.15, -0.1) is 0 Å². The average molecular weight is 200 g/mol. The van der Waals surface area contributed by atoms with Crippen LogP contribution in [0, 0.1) is 0 Å². The predicted octanol–water partition coefficient (Wildman–Crippen LogP) is 4.09. The highest BCUT2D eigenvalue weighted by Crippen LogP contribution is 2.56. The molecule has 0 radical (unpaired) electrons. The molecule has 68 valence electrons. The summed E-state index contributed by atoms with van der Waals surface area (Å²) in [5, 5.41) is 0. The summed E-state index contributed by atoms with van der Waals surface area (Å²) in [6, 6.07) is -1.19. The van der Waals surface area contributed by atoms with Crippen molar-refractivity contribution in [2.75, 3.05) is 6.16 Å². The number of hydrogen-bond acceptors (Lipinski definition) is 1. The molecule has 1 aliphatic heterocycles. The molecule has 0 amide bonds. The first-order chi connectivity index (χ1) is 5.57. The topological polar surface area (TPSA) is 0 Å². The molecule has 0 saturated heterocycles. The fraction of sp³-hybridized carbons (Fsp3) is 0.600. The number of rotatable bonds is 3. The molecule has 0 aliphatic carbocycles. The maximum absolute atomic E-state index is 5.64. The van der Waals surface area contributed by atoms with Crippen LogP contribution in [0.25, 0.3) is 0 Å². The van der Waals surface area contributed by atoms with Gasteiger partial charge in [0, 0.05) is 0 Å². The summed E-state index contributed by atoms with van der Waals surface area (Å²) in [5.41, 5.74) is 2.82. The maximum atomic E-state index is 5.64. The van der Waals surface area contributed by atoms with E-state index in [2.05, 4.69) is 32.4 Å². The lowest BCUT2D eigenvalue weighted by Crippen LogP contribution is -1.80. The van der Waals surface area contributed by atoms with Crippen molar-refractivity contribution in [1.82, 2.24) is 0 Å². The fourth-order valence-electron chi connectivity index (χ4n) is 1.43. The van der Waals surface area contributed by atoms with Gasteiger partial charge in [-0.25, -0.2) is 0 Å². The Hall–Kier alpha value is 0.130. The molecule has 0 saturated carbocycles. The summed E-state index contributed by atoms with van der Waals surface area (Å²) in [4.78, 5) is 0. The maximum Gasteiger partial charge on any atom is -0.00271 e. The normalized spacial score (nSPS) is 20.6. The van der Waals surface area contributed by atoms with Crippen LogP contribution in [0.2, 0.25) is 0 Å². The van der Waals surface area contributed by atoms with Crippen molar-refractivity contribution in [2.24, 2.45) is 0 Å². The first-order valence-corrected chi connectivity index (χ1v) is 7.68. The summed E-state index contributed by atoms with van der Waals surface area (Å²) in [6.45, 7) is 6.57. The predicted molar refractivity (Wildman–Crippen MR) is 61.6 cm³/mol. The van der Waals surface area contributed by atoms with Gasteiger partial charge in [-0.2, -0.15) is 0 Å². The zero-order valence-corrected chi connectivity index (χ0v) is 9.84. The van der Waals surface area contributed by atoms with E-state index in [0.29, 0.717) is 0 Å². The second-order valence-corrected chi connectivity index (χ2v) is 8.27. The van der Waals surface area contributed by atoms with Crippen molar-refractivity contribution >= 4 is 17.8 Å². The summed E-state index contributed by atoms with van der Waals surface area (Å²) in [6.07, 6.45) is 3.77. The first-order valence-electron chi connectivity index (χ1n) is 4.55. The molecule has 0 nitrogen and oxygen atoms in total. The molecule has 1 heterocycles.